The molecule has 1 aromatic heterocycles. The van der Waals surface area contributed by atoms with Gasteiger partial charge in [0.05, 0.1) is 30.5 Å². The van der Waals surface area contributed by atoms with Gasteiger partial charge in [0.2, 0.25) is 5.91 Å². The fourth-order valence-corrected chi connectivity index (χ4v) is 5.49. The third-order valence-electron chi connectivity index (χ3n) is 7.43. The third-order valence-corrected chi connectivity index (χ3v) is 7.43. The molecule has 2 N–H and O–H groups in total. The molecule has 2 atom stereocenters. The summed E-state index contributed by atoms with van der Waals surface area (Å²) in [6.07, 6.45) is -3.17. The summed E-state index contributed by atoms with van der Waals surface area (Å²) < 4.78 is 68.5. The minimum absolute atomic E-state index is 0.0164. The van der Waals surface area contributed by atoms with E-state index in [9.17, 15) is 31.9 Å². The predicted octanol–water partition coefficient (Wildman–Crippen LogP) is 4.43. The lowest BCUT2D eigenvalue weighted by atomic mass is 9.76. The van der Waals surface area contributed by atoms with Gasteiger partial charge in [-0.25, -0.2) is 18.7 Å². The van der Waals surface area contributed by atoms with Gasteiger partial charge in [-0.2, -0.15) is 13.2 Å². The van der Waals surface area contributed by atoms with E-state index in [1.165, 1.54) is 48.5 Å². The second kappa shape index (κ2) is 10.2. The zero-order chi connectivity index (χ0) is 27.9. The van der Waals surface area contributed by atoms with Crippen molar-refractivity contribution in [2.75, 3.05) is 36.5 Å². The minimum Gasteiger partial charge on any atom is -0.395 e. The Morgan fingerprint density at radius 2 is 1.87 bits per heavy atom. The summed E-state index contributed by atoms with van der Waals surface area (Å²) in [5.41, 5.74) is -1.17. The molecule has 12 heteroatoms. The molecule has 206 valence electrons. The van der Waals surface area contributed by atoms with Crippen LogP contribution in [0.3, 0.4) is 0 Å². The highest BCUT2D eigenvalue weighted by Gasteiger charge is 2.53. The summed E-state index contributed by atoms with van der Waals surface area (Å²) in [7, 11) is 0. The van der Waals surface area contributed by atoms with Crippen LogP contribution >= 0.6 is 0 Å². The Hall–Kier alpha value is -3.64. The van der Waals surface area contributed by atoms with Gasteiger partial charge in [0.1, 0.15) is 29.2 Å². The van der Waals surface area contributed by atoms with E-state index in [4.69, 9.17) is 0 Å². The molecule has 0 aliphatic carbocycles. The topological polar surface area (TPSA) is 81.6 Å². The number of anilines is 2. The Morgan fingerprint density at radius 3 is 2.56 bits per heavy atom. The van der Waals surface area contributed by atoms with Crippen LogP contribution in [-0.4, -0.2) is 52.1 Å². The van der Waals surface area contributed by atoms with E-state index in [0.29, 0.717) is 42.5 Å². The molecular weight excluding hydrogens is 521 g/mol. The van der Waals surface area contributed by atoms with Gasteiger partial charge in [0, 0.05) is 29.9 Å². The largest absolute Gasteiger partial charge is 0.419 e. The first-order chi connectivity index (χ1) is 18.5. The van der Waals surface area contributed by atoms with Crippen molar-refractivity contribution in [3.63, 3.8) is 0 Å². The maximum atomic E-state index is 14.9. The van der Waals surface area contributed by atoms with Gasteiger partial charge in [-0.15, -0.1) is 0 Å². The molecule has 2 aliphatic heterocycles. The number of carbonyl (C=O) groups is 1. The quantitative estimate of drug-likeness (QED) is 0.445. The smallest absolute Gasteiger partial charge is 0.395 e. The van der Waals surface area contributed by atoms with Crippen LogP contribution in [0.1, 0.15) is 41.8 Å². The number of rotatable bonds is 6. The lowest BCUT2D eigenvalue weighted by Crippen LogP contribution is -2.53. The monoisotopic (exact) mass is 547 g/mol. The number of aromatic nitrogens is 2. The first-order valence-corrected chi connectivity index (χ1v) is 12.4. The highest BCUT2D eigenvalue weighted by atomic mass is 19.4. The standard InChI is InChI=1S/C27H26F5N5O2/c1-16(19-3-2-4-21(22(19)29)27(30,31)32)35-24-20-13-37(18-7-5-17(28)6-8-18)25(39)26(23(20)33-15-34-24)9-10-36(14-26)11-12-38/h2-8,15-16,38H,9-14H2,1H3,(H,33,34,35)/t16-,26?/m1/s1. The number of hydrogen-bond acceptors (Lipinski definition) is 6. The second-order valence-electron chi connectivity index (χ2n) is 9.82. The maximum absolute atomic E-state index is 14.9. The van der Waals surface area contributed by atoms with E-state index in [-0.39, 0.29) is 37.0 Å². The number of alkyl halides is 3. The van der Waals surface area contributed by atoms with Crippen molar-refractivity contribution < 1.29 is 31.9 Å². The lowest BCUT2D eigenvalue weighted by molar-refractivity contribution is -0.140. The average molecular weight is 548 g/mol. The Morgan fingerprint density at radius 1 is 1.13 bits per heavy atom. The molecule has 1 unspecified atom stereocenters. The number of β-amino-alcohol motifs (C(OH)–C–C–N with tert-alkyl or cyclic N) is 1. The molecule has 0 saturated carbocycles. The summed E-state index contributed by atoms with van der Waals surface area (Å²) in [5.74, 6) is -1.81. The number of aliphatic hydroxyl groups is 1. The van der Waals surface area contributed by atoms with Crippen molar-refractivity contribution in [1.29, 1.82) is 0 Å². The van der Waals surface area contributed by atoms with Crippen molar-refractivity contribution in [1.82, 2.24) is 14.9 Å². The third kappa shape index (κ3) is 4.82. The predicted molar refractivity (Wildman–Crippen MR) is 133 cm³/mol. The molecule has 0 bridgehead atoms. The number of fused-ring (bicyclic) bond motifs is 2. The fraction of sp³-hybridized carbons (Fsp3) is 0.370. The van der Waals surface area contributed by atoms with Crippen LogP contribution < -0.4 is 10.2 Å². The molecule has 0 radical (unpaired) electrons. The summed E-state index contributed by atoms with van der Waals surface area (Å²) in [5, 5.41) is 12.5. The Labute approximate surface area is 221 Å². The van der Waals surface area contributed by atoms with Crippen molar-refractivity contribution in [2.24, 2.45) is 0 Å². The summed E-state index contributed by atoms with van der Waals surface area (Å²) in [4.78, 5) is 26.2. The Balaban J connectivity index is 1.57. The first-order valence-electron chi connectivity index (χ1n) is 12.4. The number of benzene rings is 2. The number of aliphatic hydroxyl groups excluding tert-OH is 1. The highest BCUT2D eigenvalue weighted by molar-refractivity contribution is 6.03. The molecule has 3 aromatic rings. The summed E-state index contributed by atoms with van der Waals surface area (Å²) >= 11 is 0. The van der Waals surface area contributed by atoms with Crippen LogP contribution in [0.15, 0.2) is 48.8 Å². The molecule has 7 nitrogen and oxygen atoms in total. The van der Waals surface area contributed by atoms with E-state index >= 15 is 0 Å². The molecular formula is C27H26F5N5O2. The molecule has 2 aromatic carbocycles. The van der Waals surface area contributed by atoms with E-state index in [1.807, 2.05) is 4.90 Å². The number of hydrogen-bond donors (Lipinski definition) is 2. The van der Waals surface area contributed by atoms with Crippen molar-refractivity contribution in [3.8, 4) is 0 Å². The van der Waals surface area contributed by atoms with Gasteiger partial charge in [-0.1, -0.05) is 12.1 Å². The first kappa shape index (κ1) is 26.9. The molecule has 1 saturated heterocycles. The molecule has 2 aliphatic rings. The summed E-state index contributed by atoms with van der Waals surface area (Å²) in [6.45, 7) is 2.63. The van der Waals surface area contributed by atoms with Gasteiger partial charge in [0.25, 0.3) is 0 Å². The number of carbonyl (C=O) groups excluding carboxylic acids is 1. The van der Waals surface area contributed by atoms with Crippen molar-refractivity contribution >= 4 is 17.4 Å². The van der Waals surface area contributed by atoms with E-state index in [0.717, 1.165) is 6.07 Å². The molecule has 5 rings (SSSR count). The minimum atomic E-state index is -4.85. The number of nitrogens with one attached hydrogen (secondary N) is 1. The van der Waals surface area contributed by atoms with Crippen LogP contribution in [0.5, 0.6) is 0 Å². The highest BCUT2D eigenvalue weighted by Crippen LogP contribution is 2.44. The van der Waals surface area contributed by atoms with E-state index in [1.54, 1.807) is 0 Å². The van der Waals surface area contributed by atoms with Crippen LogP contribution in [0.4, 0.5) is 33.5 Å². The van der Waals surface area contributed by atoms with Gasteiger partial charge in [-0.3, -0.25) is 9.69 Å². The summed E-state index contributed by atoms with van der Waals surface area (Å²) in [6, 6.07) is 7.67. The molecule has 1 fully saturated rings. The number of amides is 1. The van der Waals surface area contributed by atoms with Crippen LogP contribution in [0.2, 0.25) is 0 Å². The molecule has 1 amide bonds. The van der Waals surface area contributed by atoms with Gasteiger partial charge >= 0.3 is 6.18 Å². The van der Waals surface area contributed by atoms with Crippen LogP contribution in [0.25, 0.3) is 0 Å². The number of nitrogens with zero attached hydrogens (tertiary/aromatic N) is 4. The zero-order valence-electron chi connectivity index (χ0n) is 21.0. The van der Waals surface area contributed by atoms with Crippen molar-refractivity contribution in [3.05, 3.63) is 82.8 Å². The van der Waals surface area contributed by atoms with E-state index < -0.39 is 34.8 Å². The van der Waals surface area contributed by atoms with Crippen molar-refractivity contribution in [2.45, 2.75) is 37.5 Å². The molecule has 39 heavy (non-hydrogen) atoms. The molecule has 3 heterocycles. The lowest BCUT2D eigenvalue weighted by Gasteiger charge is -2.40. The Bertz CT molecular complexity index is 1380. The normalized spacial score (nSPS) is 20.4. The maximum Gasteiger partial charge on any atom is 0.419 e. The fourth-order valence-electron chi connectivity index (χ4n) is 5.49. The van der Waals surface area contributed by atoms with Crippen LogP contribution in [0, 0.1) is 11.6 Å². The van der Waals surface area contributed by atoms with Gasteiger partial charge in [0.15, 0.2) is 0 Å². The van der Waals surface area contributed by atoms with Crippen LogP contribution in [-0.2, 0) is 22.9 Å². The van der Waals surface area contributed by atoms with E-state index in [2.05, 4.69) is 15.3 Å². The zero-order valence-corrected chi connectivity index (χ0v) is 21.0. The number of halogens is 5. The second-order valence-corrected chi connectivity index (χ2v) is 9.82. The number of likely N-dealkylation sites (tertiary alicyclic amines) is 1. The molecule has 1 spiro atoms. The van der Waals surface area contributed by atoms with Gasteiger partial charge < -0.3 is 15.3 Å². The average Bonchev–Trinajstić information content (AvgIpc) is 3.31. The van der Waals surface area contributed by atoms with Gasteiger partial charge in [-0.05, 0) is 50.2 Å². The Kier molecular flexibility index (Phi) is 7.02. The SMILES string of the molecule is C[C@@H](Nc1ncnc2c1CN(c1ccc(F)cc1)C(=O)C21CCN(CCO)C1)c1cccc(C(F)(F)F)c1F.